The third-order valence-corrected chi connectivity index (χ3v) is 2.12. The van der Waals surface area contributed by atoms with E-state index in [4.69, 9.17) is 0 Å². The van der Waals surface area contributed by atoms with Crippen LogP contribution in [0.2, 0.25) is 0 Å². The number of aryl methyl sites for hydroxylation is 2. The molecule has 16 heavy (non-hydrogen) atoms. The Hall–Kier alpha value is -1.82. The van der Waals surface area contributed by atoms with Gasteiger partial charge in [0.2, 0.25) is 0 Å². The van der Waals surface area contributed by atoms with Gasteiger partial charge in [-0.1, -0.05) is 0 Å². The summed E-state index contributed by atoms with van der Waals surface area (Å²) in [6.45, 7) is 1.68. The van der Waals surface area contributed by atoms with Crippen LogP contribution in [-0.4, -0.2) is 19.7 Å². The second-order valence-electron chi connectivity index (χ2n) is 3.31. The van der Waals surface area contributed by atoms with Crippen LogP contribution in [0.1, 0.15) is 5.69 Å². The maximum atomic E-state index is 11.6. The first-order valence-electron chi connectivity index (χ1n) is 4.40. The van der Waals surface area contributed by atoms with Crippen LogP contribution in [0.3, 0.4) is 0 Å². The summed E-state index contributed by atoms with van der Waals surface area (Å²) in [5, 5.41) is 3.97. The maximum Gasteiger partial charge on any atom is 0.325 e. The molecular formula is C9H11ClN4O2. The summed E-state index contributed by atoms with van der Waals surface area (Å²) in [5.41, 5.74) is 0.779. The van der Waals surface area contributed by atoms with Gasteiger partial charge in [0, 0.05) is 24.5 Å². The quantitative estimate of drug-likeness (QED) is 0.749. The molecule has 0 atom stereocenters. The summed E-state index contributed by atoms with van der Waals surface area (Å²) in [5.74, 6) is 0. The minimum absolute atomic E-state index is 0. The van der Waals surface area contributed by atoms with Gasteiger partial charge in [-0.3, -0.25) is 14.5 Å². The molecule has 0 spiro atoms. The molecule has 0 aliphatic carbocycles. The molecule has 0 amide bonds. The van der Waals surface area contributed by atoms with E-state index in [1.165, 1.54) is 0 Å². The van der Waals surface area contributed by atoms with Crippen LogP contribution < -0.4 is 11.2 Å². The lowest BCUT2D eigenvalue weighted by Crippen LogP contribution is -2.24. The van der Waals surface area contributed by atoms with E-state index >= 15 is 0 Å². The molecule has 0 saturated heterocycles. The van der Waals surface area contributed by atoms with Gasteiger partial charge in [-0.15, -0.1) is 12.4 Å². The van der Waals surface area contributed by atoms with E-state index < -0.39 is 11.2 Å². The Labute approximate surface area is 96.7 Å². The van der Waals surface area contributed by atoms with Crippen LogP contribution in [-0.2, 0) is 7.05 Å². The van der Waals surface area contributed by atoms with Crippen molar-refractivity contribution in [1.82, 2.24) is 19.7 Å². The molecule has 86 valence electrons. The third kappa shape index (κ3) is 2.06. The van der Waals surface area contributed by atoms with Gasteiger partial charge >= 0.3 is 5.69 Å². The number of hydrogen-bond donors (Lipinski definition) is 2. The number of rotatable bonds is 1. The van der Waals surface area contributed by atoms with Crippen molar-refractivity contribution in [2.24, 2.45) is 7.05 Å². The fourth-order valence-corrected chi connectivity index (χ4v) is 1.50. The number of halogens is 1. The Kier molecular flexibility index (Phi) is 3.34. The van der Waals surface area contributed by atoms with Gasteiger partial charge in [0.1, 0.15) is 0 Å². The average Bonchev–Trinajstić information content (AvgIpc) is 2.49. The predicted molar refractivity (Wildman–Crippen MR) is 61.9 cm³/mol. The number of nitrogens with one attached hydrogen (secondary N) is 2. The summed E-state index contributed by atoms with van der Waals surface area (Å²) in [4.78, 5) is 27.2. The van der Waals surface area contributed by atoms with Crippen LogP contribution in [0.25, 0.3) is 11.1 Å². The molecule has 0 unspecified atom stereocenters. The van der Waals surface area contributed by atoms with Crippen LogP contribution in [0.15, 0.2) is 22.0 Å². The van der Waals surface area contributed by atoms with E-state index in [-0.39, 0.29) is 12.4 Å². The Bertz CT molecular complexity index is 610. The molecule has 6 nitrogen and oxygen atoms in total. The van der Waals surface area contributed by atoms with Crippen molar-refractivity contribution in [3.63, 3.8) is 0 Å². The van der Waals surface area contributed by atoms with Crippen LogP contribution in [0, 0.1) is 6.92 Å². The lowest BCUT2D eigenvalue weighted by Gasteiger charge is -1.99. The molecule has 2 heterocycles. The summed E-state index contributed by atoms with van der Waals surface area (Å²) >= 11 is 0. The number of aromatic amines is 2. The predicted octanol–water partition coefficient (Wildman–Crippen LogP) is 0.194. The summed E-state index contributed by atoms with van der Waals surface area (Å²) in [7, 11) is 1.76. The highest BCUT2D eigenvalue weighted by Crippen LogP contribution is 2.14. The summed E-state index contributed by atoms with van der Waals surface area (Å²) in [6, 6.07) is 0. The number of nitrogens with zero attached hydrogens (tertiary/aromatic N) is 2. The largest absolute Gasteiger partial charge is 0.325 e. The zero-order valence-corrected chi connectivity index (χ0v) is 9.59. The lowest BCUT2D eigenvalue weighted by molar-refractivity contribution is 0.768. The monoisotopic (exact) mass is 242 g/mol. The van der Waals surface area contributed by atoms with Crippen LogP contribution >= 0.6 is 12.4 Å². The molecule has 0 aliphatic heterocycles. The van der Waals surface area contributed by atoms with Crippen LogP contribution in [0.5, 0.6) is 0 Å². The minimum atomic E-state index is -0.495. The molecule has 2 N–H and O–H groups in total. The van der Waals surface area contributed by atoms with Crippen molar-refractivity contribution in [1.29, 1.82) is 0 Å². The molecule has 0 radical (unpaired) electrons. The Morgan fingerprint density at radius 2 is 2.00 bits per heavy atom. The van der Waals surface area contributed by atoms with E-state index in [1.807, 2.05) is 0 Å². The van der Waals surface area contributed by atoms with Gasteiger partial charge in [0.25, 0.3) is 5.56 Å². The Balaban J connectivity index is 0.00000128. The first-order chi connectivity index (χ1) is 7.08. The molecular weight excluding hydrogens is 232 g/mol. The van der Waals surface area contributed by atoms with Gasteiger partial charge in [0.15, 0.2) is 0 Å². The van der Waals surface area contributed by atoms with E-state index in [2.05, 4.69) is 15.1 Å². The molecule has 7 heteroatoms. The van der Waals surface area contributed by atoms with Crippen molar-refractivity contribution in [2.45, 2.75) is 6.92 Å². The highest BCUT2D eigenvalue weighted by molar-refractivity contribution is 5.85. The lowest BCUT2D eigenvalue weighted by atomic mass is 10.1. The second-order valence-corrected chi connectivity index (χ2v) is 3.31. The molecule has 0 bridgehead atoms. The van der Waals surface area contributed by atoms with Gasteiger partial charge in [-0.25, -0.2) is 4.79 Å². The first-order valence-corrected chi connectivity index (χ1v) is 4.40. The van der Waals surface area contributed by atoms with Crippen molar-refractivity contribution in [2.75, 3.05) is 0 Å². The molecule has 2 rings (SSSR count). The average molecular weight is 243 g/mol. The van der Waals surface area contributed by atoms with Gasteiger partial charge < -0.3 is 4.98 Å². The first kappa shape index (κ1) is 12.3. The fourth-order valence-electron chi connectivity index (χ4n) is 1.50. The molecule has 2 aromatic rings. The van der Waals surface area contributed by atoms with Gasteiger partial charge in [-0.2, -0.15) is 5.10 Å². The third-order valence-electron chi connectivity index (χ3n) is 2.12. The highest BCUT2D eigenvalue weighted by atomic mass is 35.5. The van der Waals surface area contributed by atoms with Crippen molar-refractivity contribution in [3.8, 4) is 11.1 Å². The van der Waals surface area contributed by atoms with E-state index in [9.17, 15) is 9.59 Å². The van der Waals surface area contributed by atoms with Crippen molar-refractivity contribution < 1.29 is 0 Å². The zero-order valence-electron chi connectivity index (χ0n) is 8.77. The van der Waals surface area contributed by atoms with Gasteiger partial charge in [0.05, 0.1) is 11.8 Å². The van der Waals surface area contributed by atoms with Crippen molar-refractivity contribution in [3.05, 3.63) is 38.9 Å². The minimum Gasteiger partial charge on any atom is -0.311 e. The Morgan fingerprint density at radius 3 is 2.50 bits per heavy atom. The fraction of sp³-hybridized carbons (Fsp3) is 0.222. The maximum absolute atomic E-state index is 11.6. The molecule has 0 aliphatic rings. The van der Waals surface area contributed by atoms with Crippen LogP contribution in [0.4, 0.5) is 0 Å². The molecule has 0 fully saturated rings. The molecule has 2 aromatic heterocycles. The highest BCUT2D eigenvalue weighted by Gasteiger charge is 2.09. The van der Waals surface area contributed by atoms with Crippen molar-refractivity contribution >= 4 is 12.4 Å². The van der Waals surface area contributed by atoms with Gasteiger partial charge in [-0.05, 0) is 6.92 Å². The number of hydrogen-bond acceptors (Lipinski definition) is 3. The normalized spacial score (nSPS) is 9.88. The van der Waals surface area contributed by atoms with E-state index in [0.717, 1.165) is 0 Å². The van der Waals surface area contributed by atoms with E-state index in [1.54, 1.807) is 31.0 Å². The topological polar surface area (TPSA) is 83.5 Å². The molecule has 0 saturated carbocycles. The van der Waals surface area contributed by atoms with E-state index in [0.29, 0.717) is 16.8 Å². The Morgan fingerprint density at radius 1 is 1.31 bits per heavy atom. The number of H-pyrrole nitrogens is 2. The number of aromatic nitrogens is 4. The SMILES string of the molecule is Cc1[nH]c(=O)[nH]c(=O)c1-c1cnn(C)c1.Cl. The zero-order chi connectivity index (χ0) is 11.0. The summed E-state index contributed by atoms with van der Waals surface area (Å²) < 4.78 is 1.60. The molecule has 0 aromatic carbocycles. The second kappa shape index (κ2) is 4.36. The standard InChI is InChI=1S/C9H10N4O2.ClH/c1-5-7(6-3-10-13(2)4-6)8(14)12-9(15)11-5;/h3-4H,1-2H3,(H2,11,12,14,15);1H. The smallest absolute Gasteiger partial charge is 0.311 e. The summed E-state index contributed by atoms with van der Waals surface area (Å²) in [6.07, 6.45) is 3.30.